The van der Waals surface area contributed by atoms with Crippen molar-refractivity contribution in [2.45, 2.75) is 6.92 Å². The van der Waals surface area contributed by atoms with E-state index in [9.17, 15) is 0 Å². The van der Waals surface area contributed by atoms with Gasteiger partial charge in [0.25, 0.3) is 0 Å². The zero-order valence-corrected chi connectivity index (χ0v) is 36.9. The van der Waals surface area contributed by atoms with E-state index in [0.717, 1.165) is 78.1 Å². The van der Waals surface area contributed by atoms with Crippen LogP contribution in [-0.2, 0) is 0 Å². The molecule has 15 rings (SSSR count). The lowest BCUT2D eigenvalue weighted by Crippen LogP contribution is -1.99. The molecule has 0 bridgehead atoms. The highest BCUT2D eigenvalue weighted by Crippen LogP contribution is 2.42. The average Bonchev–Trinajstić information content (AvgIpc) is 4.20. The van der Waals surface area contributed by atoms with E-state index in [-0.39, 0.29) is 0 Å². The lowest BCUT2D eigenvalue weighted by atomic mass is 10.1. The van der Waals surface area contributed by atoms with Crippen molar-refractivity contribution >= 4 is 98.4 Å². The summed E-state index contributed by atoms with van der Waals surface area (Å²) >= 11 is 0. The van der Waals surface area contributed by atoms with Crippen LogP contribution in [-0.4, -0.2) is 23.3 Å². The fourth-order valence-electron chi connectivity index (χ4n) is 11.3. The van der Waals surface area contributed by atoms with Crippen LogP contribution in [0.5, 0.6) is 0 Å². The molecule has 0 unspecified atom stereocenters. The molecule has 6 heteroatoms. The third-order valence-corrected chi connectivity index (χ3v) is 14.3. The van der Waals surface area contributed by atoms with E-state index in [2.05, 4.69) is 244 Å². The largest absolute Gasteiger partial charge is 0.456 e. The highest BCUT2D eigenvalue weighted by Gasteiger charge is 2.21. The van der Waals surface area contributed by atoms with Gasteiger partial charge < -0.3 is 18.1 Å². The third-order valence-electron chi connectivity index (χ3n) is 14.3. The first-order chi connectivity index (χ1) is 33.6. The van der Waals surface area contributed by atoms with E-state index in [1.165, 1.54) is 59.9 Å². The maximum Gasteiger partial charge on any atom is 0.145 e. The van der Waals surface area contributed by atoms with Gasteiger partial charge >= 0.3 is 0 Å². The molecule has 0 saturated carbocycles. The van der Waals surface area contributed by atoms with Crippen molar-refractivity contribution in [3.8, 4) is 34.1 Å². The van der Waals surface area contributed by atoms with Gasteiger partial charge in [-0.05, 0) is 128 Å². The molecule has 68 heavy (non-hydrogen) atoms. The molecule has 0 amide bonds. The number of nitrogens with zero attached hydrogens (tertiary/aromatic N) is 5. The first kappa shape index (κ1) is 37.1. The summed E-state index contributed by atoms with van der Waals surface area (Å²) in [5.41, 5.74) is 17.4. The first-order valence-corrected chi connectivity index (χ1v) is 23.2. The Labute approximate surface area is 389 Å². The second kappa shape index (κ2) is 13.9. The molecule has 0 aliphatic carbocycles. The molecule has 5 heterocycles. The summed E-state index contributed by atoms with van der Waals surface area (Å²) in [4.78, 5) is 5.24. The summed E-state index contributed by atoms with van der Waals surface area (Å²) in [6.07, 6.45) is 0. The number of para-hydroxylation sites is 7. The van der Waals surface area contributed by atoms with Crippen molar-refractivity contribution in [1.82, 2.24) is 23.3 Å². The summed E-state index contributed by atoms with van der Waals surface area (Å²) in [6, 6.07) is 78.9. The van der Waals surface area contributed by atoms with Crippen LogP contribution >= 0.6 is 0 Å². The summed E-state index contributed by atoms with van der Waals surface area (Å²) in [5.74, 6) is 0.897. The third kappa shape index (κ3) is 5.19. The molecular weight excluding hydrogens is 831 g/mol. The molecule has 0 fully saturated rings. The Balaban J connectivity index is 0.971. The van der Waals surface area contributed by atoms with Crippen LogP contribution in [0.3, 0.4) is 0 Å². The van der Waals surface area contributed by atoms with E-state index in [0.29, 0.717) is 0 Å². The minimum atomic E-state index is 0.841. The van der Waals surface area contributed by atoms with Gasteiger partial charge in [-0.15, -0.1) is 0 Å². The average molecular weight is 870 g/mol. The summed E-state index contributed by atoms with van der Waals surface area (Å²) in [5, 5.41) is 9.44. The van der Waals surface area contributed by atoms with Gasteiger partial charge in [0.2, 0.25) is 0 Å². The Morgan fingerprint density at radius 2 is 0.735 bits per heavy atom. The van der Waals surface area contributed by atoms with E-state index >= 15 is 0 Å². The Morgan fingerprint density at radius 3 is 1.28 bits per heavy atom. The molecule has 0 radical (unpaired) electrons. The van der Waals surface area contributed by atoms with E-state index in [1.54, 1.807) is 0 Å². The van der Waals surface area contributed by atoms with Gasteiger partial charge in [-0.3, -0.25) is 4.57 Å². The standard InChI is InChI=1S/C62H39N5O/c1-38-14-2-8-20-52(38)67-59-25-13-7-19-51(59)63-62(67)39-26-32-60-49(34-39)50-37-42(29-33-61(50)68-60)66-57-30-27-40(64-53-21-9-3-15-43(53)44-16-4-10-22-54(44)64)35-47(57)48-36-41(28-31-58(48)66)65-55-23-11-5-17-45(55)46-18-6-12-24-56(46)65/h2-37H,1H3. The molecule has 0 aliphatic rings. The van der Waals surface area contributed by atoms with Gasteiger partial charge in [0.1, 0.15) is 17.0 Å². The molecule has 6 nitrogen and oxygen atoms in total. The van der Waals surface area contributed by atoms with Crippen molar-refractivity contribution in [3.05, 3.63) is 224 Å². The Kier molecular flexibility index (Phi) is 7.61. The SMILES string of the molecule is Cc1ccccc1-n1c(-c2ccc3oc4ccc(-n5c6ccc(-n7c8ccccc8c8ccccc87)cc6c6cc(-n7c8ccccc8c8ccccc87)ccc65)cc4c3c2)nc2ccccc21. The number of fused-ring (bicyclic) bond motifs is 13. The van der Waals surface area contributed by atoms with Crippen molar-refractivity contribution in [3.63, 3.8) is 0 Å². The number of furan rings is 1. The zero-order chi connectivity index (χ0) is 44.6. The highest BCUT2D eigenvalue weighted by atomic mass is 16.3. The molecule has 0 N–H and O–H groups in total. The van der Waals surface area contributed by atoms with Gasteiger partial charge in [0, 0.05) is 65.7 Å². The maximum absolute atomic E-state index is 6.60. The maximum atomic E-state index is 6.60. The monoisotopic (exact) mass is 869 g/mol. The first-order valence-electron chi connectivity index (χ1n) is 23.2. The Morgan fingerprint density at radius 1 is 0.324 bits per heavy atom. The van der Waals surface area contributed by atoms with Crippen LogP contribution in [0.2, 0.25) is 0 Å². The number of benzene rings is 10. The van der Waals surface area contributed by atoms with Crippen LogP contribution in [0.1, 0.15) is 5.56 Å². The molecule has 10 aromatic carbocycles. The van der Waals surface area contributed by atoms with Gasteiger partial charge in [0.15, 0.2) is 0 Å². The Bertz CT molecular complexity index is 4310. The van der Waals surface area contributed by atoms with Crippen molar-refractivity contribution in [1.29, 1.82) is 0 Å². The summed E-state index contributed by atoms with van der Waals surface area (Å²) < 4.78 is 16.1. The van der Waals surface area contributed by atoms with Gasteiger partial charge in [-0.1, -0.05) is 103 Å². The zero-order valence-electron chi connectivity index (χ0n) is 36.9. The van der Waals surface area contributed by atoms with Gasteiger partial charge in [-0.25, -0.2) is 4.98 Å². The van der Waals surface area contributed by atoms with Crippen LogP contribution < -0.4 is 0 Å². The number of aryl methyl sites for hydroxylation is 1. The highest BCUT2D eigenvalue weighted by molar-refractivity contribution is 6.15. The predicted octanol–water partition coefficient (Wildman–Crippen LogP) is 16.2. The minimum absolute atomic E-state index is 0.841. The van der Waals surface area contributed by atoms with Crippen molar-refractivity contribution in [2.24, 2.45) is 0 Å². The summed E-state index contributed by atoms with van der Waals surface area (Å²) in [6.45, 7) is 2.16. The second-order valence-corrected chi connectivity index (χ2v) is 18.0. The Hall–Kier alpha value is -9.13. The molecule has 0 aliphatic heterocycles. The molecule has 15 aromatic rings. The van der Waals surface area contributed by atoms with Crippen LogP contribution in [0, 0.1) is 6.92 Å². The number of hydrogen-bond donors (Lipinski definition) is 0. The quantitative estimate of drug-likeness (QED) is 0.173. The van der Waals surface area contributed by atoms with E-state index in [1.807, 2.05) is 0 Å². The van der Waals surface area contributed by atoms with Gasteiger partial charge in [-0.2, -0.15) is 0 Å². The molecule has 5 aromatic heterocycles. The van der Waals surface area contributed by atoms with Crippen molar-refractivity contribution < 1.29 is 4.42 Å². The topological polar surface area (TPSA) is 45.8 Å². The fourth-order valence-corrected chi connectivity index (χ4v) is 11.3. The number of hydrogen-bond acceptors (Lipinski definition) is 2. The number of aromatic nitrogens is 5. The second-order valence-electron chi connectivity index (χ2n) is 18.0. The van der Waals surface area contributed by atoms with E-state index in [4.69, 9.17) is 9.40 Å². The number of rotatable bonds is 5. The lowest BCUT2D eigenvalue weighted by molar-refractivity contribution is 0.669. The molecular formula is C62H39N5O. The normalized spacial score (nSPS) is 12.2. The molecule has 0 saturated heterocycles. The van der Waals surface area contributed by atoms with Crippen molar-refractivity contribution in [2.75, 3.05) is 0 Å². The van der Waals surface area contributed by atoms with Crippen LogP contribution in [0.25, 0.3) is 133 Å². The van der Waals surface area contributed by atoms with Crippen LogP contribution in [0.4, 0.5) is 0 Å². The lowest BCUT2D eigenvalue weighted by Gasteiger charge is -2.12. The van der Waals surface area contributed by atoms with E-state index < -0.39 is 0 Å². The molecule has 0 atom stereocenters. The summed E-state index contributed by atoms with van der Waals surface area (Å²) in [7, 11) is 0. The number of imidazole rings is 1. The smallest absolute Gasteiger partial charge is 0.145 e. The fraction of sp³-hybridized carbons (Fsp3) is 0.0161. The molecule has 0 spiro atoms. The van der Waals surface area contributed by atoms with Crippen LogP contribution in [0.15, 0.2) is 223 Å². The van der Waals surface area contributed by atoms with Gasteiger partial charge in [0.05, 0.1) is 49.8 Å². The molecule has 318 valence electrons. The predicted molar refractivity (Wildman–Crippen MR) is 282 cm³/mol. The minimum Gasteiger partial charge on any atom is -0.456 e.